The van der Waals surface area contributed by atoms with E-state index in [1.54, 1.807) is 0 Å². The van der Waals surface area contributed by atoms with Gasteiger partial charge < -0.3 is 14.4 Å². The van der Waals surface area contributed by atoms with Crippen LogP contribution in [0.25, 0.3) is 10.9 Å². The third kappa shape index (κ3) is 1.97. The number of hydrogen-bond donors (Lipinski definition) is 0. The number of rotatable bonds is 1. The number of fused-ring (bicyclic) bond motifs is 6. The van der Waals surface area contributed by atoms with E-state index in [1.807, 2.05) is 11.8 Å². The van der Waals surface area contributed by atoms with E-state index in [4.69, 9.17) is 0 Å². The Labute approximate surface area is 152 Å². The lowest BCUT2D eigenvalue weighted by Gasteiger charge is -2.49. The number of carbonyl (C=O) groups excluding carboxylic acids is 1. The van der Waals surface area contributed by atoms with Crippen LogP contribution in [0.15, 0.2) is 23.1 Å². The Balaban J connectivity index is 1.46. The van der Waals surface area contributed by atoms with Crippen LogP contribution in [0.2, 0.25) is 0 Å². The Morgan fingerprint density at radius 3 is 2.76 bits per heavy atom. The van der Waals surface area contributed by atoms with Crippen molar-refractivity contribution in [2.75, 3.05) is 31.9 Å². The van der Waals surface area contributed by atoms with E-state index in [9.17, 15) is 4.79 Å². The molecule has 6 heterocycles. The van der Waals surface area contributed by atoms with Crippen LogP contribution in [0.3, 0.4) is 0 Å². The van der Waals surface area contributed by atoms with Crippen LogP contribution in [-0.2, 0) is 13.0 Å². The Morgan fingerprint density at radius 2 is 1.96 bits per heavy atom. The molecule has 130 valence electrons. The molecule has 3 fully saturated rings. The van der Waals surface area contributed by atoms with Crippen LogP contribution in [0.5, 0.6) is 0 Å². The van der Waals surface area contributed by atoms with E-state index in [1.165, 1.54) is 47.4 Å². The summed E-state index contributed by atoms with van der Waals surface area (Å²) in [6.45, 7) is 5.49. The van der Waals surface area contributed by atoms with Gasteiger partial charge >= 0.3 is 0 Å². The highest BCUT2D eigenvalue weighted by atomic mass is 32.2. The highest BCUT2D eigenvalue weighted by molar-refractivity contribution is 7.99. The van der Waals surface area contributed by atoms with Gasteiger partial charge in [0.2, 0.25) is 0 Å². The van der Waals surface area contributed by atoms with Gasteiger partial charge in [0.25, 0.3) is 5.91 Å². The zero-order chi connectivity index (χ0) is 16.5. The van der Waals surface area contributed by atoms with Gasteiger partial charge in [0.1, 0.15) is 0 Å². The van der Waals surface area contributed by atoms with Gasteiger partial charge in [-0.1, -0.05) is 12.1 Å². The molecule has 1 aromatic heterocycles. The summed E-state index contributed by atoms with van der Waals surface area (Å²) >= 11 is 1.93. The zero-order valence-electron chi connectivity index (χ0n) is 14.4. The maximum atomic E-state index is 13.6. The maximum absolute atomic E-state index is 13.6. The van der Waals surface area contributed by atoms with Crippen LogP contribution >= 0.6 is 11.8 Å². The van der Waals surface area contributed by atoms with Crippen LogP contribution in [0, 0.1) is 5.92 Å². The number of nitrogens with zero attached hydrogens (tertiary/aromatic N) is 3. The highest BCUT2D eigenvalue weighted by Crippen LogP contribution is 2.41. The molecule has 5 aliphatic rings. The normalized spacial score (nSPS) is 30.8. The van der Waals surface area contributed by atoms with Gasteiger partial charge in [-0.05, 0) is 37.9 Å². The lowest BCUT2D eigenvalue weighted by atomic mass is 9.82. The van der Waals surface area contributed by atoms with Crippen molar-refractivity contribution in [2.24, 2.45) is 5.92 Å². The topological polar surface area (TPSA) is 28.5 Å². The number of para-hydroxylation sites is 1. The van der Waals surface area contributed by atoms with E-state index in [2.05, 4.69) is 32.6 Å². The van der Waals surface area contributed by atoms with Crippen molar-refractivity contribution < 1.29 is 4.79 Å². The summed E-state index contributed by atoms with van der Waals surface area (Å²) in [7, 11) is 0. The fourth-order valence-corrected chi connectivity index (χ4v) is 6.64. The van der Waals surface area contributed by atoms with E-state index in [-0.39, 0.29) is 0 Å². The number of piperidine rings is 3. The average molecular weight is 353 g/mol. The van der Waals surface area contributed by atoms with Crippen molar-refractivity contribution in [1.82, 2.24) is 14.4 Å². The summed E-state index contributed by atoms with van der Waals surface area (Å²) in [4.78, 5) is 19.7. The van der Waals surface area contributed by atoms with Crippen LogP contribution in [-0.4, -0.2) is 58.2 Å². The number of thioether (sulfide) groups is 1. The summed E-state index contributed by atoms with van der Waals surface area (Å²) in [6.07, 6.45) is 3.55. The van der Waals surface area contributed by atoms with Gasteiger partial charge in [-0.3, -0.25) is 4.79 Å². The molecule has 3 saturated heterocycles. The second kappa shape index (κ2) is 5.27. The summed E-state index contributed by atoms with van der Waals surface area (Å²) in [6, 6.07) is 6.94. The van der Waals surface area contributed by atoms with Crippen molar-refractivity contribution in [2.45, 2.75) is 36.7 Å². The molecule has 1 aromatic carbocycles. The molecule has 0 spiro atoms. The molecule has 0 N–H and O–H groups in total. The maximum Gasteiger partial charge on any atom is 0.256 e. The first-order chi connectivity index (χ1) is 12.3. The first kappa shape index (κ1) is 14.7. The van der Waals surface area contributed by atoms with Crippen molar-refractivity contribution in [3.63, 3.8) is 0 Å². The summed E-state index contributed by atoms with van der Waals surface area (Å²) in [5, 5.41) is 1.19. The molecule has 0 saturated carbocycles. The largest absolute Gasteiger partial charge is 0.342 e. The van der Waals surface area contributed by atoms with E-state index in [0.717, 1.165) is 37.4 Å². The predicted octanol–water partition coefficient (Wildman–Crippen LogP) is 2.84. The quantitative estimate of drug-likeness (QED) is 0.789. The first-order valence-electron chi connectivity index (χ1n) is 9.61. The molecular formula is C20H23N3OS. The molecule has 1 atom stereocenters. The number of aromatic nitrogens is 1. The third-order valence-corrected chi connectivity index (χ3v) is 7.84. The third-order valence-electron chi connectivity index (χ3n) is 6.81. The lowest BCUT2D eigenvalue weighted by Crippen LogP contribution is -2.59. The molecule has 1 unspecified atom stereocenters. The molecule has 25 heavy (non-hydrogen) atoms. The minimum Gasteiger partial charge on any atom is -0.342 e. The van der Waals surface area contributed by atoms with Crippen LogP contribution in [0.4, 0.5) is 0 Å². The van der Waals surface area contributed by atoms with Gasteiger partial charge in [-0.25, -0.2) is 0 Å². The van der Waals surface area contributed by atoms with Crippen molar-refractivity contribution in [3.8, 4) is 0 Å². The van der Waals surface area contributed by atoms with Gasteiger partial charge in [-0.15, -0.1) is 11.8 Å². The fraction of sp³-hybridized carbons (Fsp3) is 0.550. The number of aryl methyl sites for hydroxylation is 1. The standard InChI is InChI=1S/C20H23N3OS/c24-20-18-14-2-1-3-17-19(14)22(10-11-25-17)15(18)6-9-23(20)16-12-21-7-4-13(16)5-8-21/h1-3,13,16H,4-12H2. The smallest absolute Gasteiger partial charge is 0.256 e. The Hall–Kier alpha value is -1.46. The van der Waals surface area contributed by atoms with Crippen molar-refractivity contribution in [3.05, 3.63) is 29.5 Å². The number of hydrogen-bond acceptors (Lipinski definition) is 3. The monoisotopic (exact) mass is 353 g/mol. The minimum absolute atomic E-state index is 0.299. The molecule has 2 aromatic rings. The SMILES string of the molecule is O=C1c2c(n3c4c(cccc24)SCC3)CCN1C1CN2CCC1CC2. The van der Waals surface area contributed by atoms with Crippen molar-refractivity contribution in [1.29, 1.82) is 0 Å². The van der Waals surface area contributed by atoms with Gasteiger partial charge in [-0.2, -0.15) is 0 Å². The molecule has 2 bridgehead atoms. The Morgan fingerprint density at radius 1 is 1.08 bits per heavy atom. The van der Waals surface area contributed by atoms with E-state index < -0.39 is 0 Å². The Bertz CT molecular complexity index is 881. The second-order valence-corrected chi connectivity index (χ2v) is 9.06. The molecule has 0 radical (unpaired) electrons. The minimum atomic E-state index is 0.299. The molecule has 4 nitrogen and oxygen atoms in total. The van der Waals surface area contributed by atoms with Crippen LogP contribution in [0.1, 0.15) is 28.9 Å². The number of carbonyl (C=O) groups is 1. The lowest BCUT2D eigenvalue weighted by molar-refractivity contribution is 0.00597. The summed E-state index contributed by atoms with van der Waals surface area (Å²) in [5.41, 5.74) is 3.63. The molecule has 5 heteroatoms. The fourth-order valence-electron chi connectivity index (χ4n) is 5.61. The highest BCUT2D eigenvalue weighted by Gasteiger charge is 2.42. The van der Waals surface area contributed by atoms with Gasteiger partial charge in [0.15, 0.2) is 0 Å². The predicted molar refractivity (Wildman–Crippen MR) is 100 cm³/mol. The molecule has 1 amide bonds. The number of amides is 1. The first-order valence-corrected chi connectivity index (χ1v) is 10.6. The van der Waals surface area contributed by atoms with Gasteiger partial charge in [0, 0.05) is 53.8 Å². The van der Waals surface area contributed by atoms with Crippen molar-refractivity contribution >= 4 is 28.6 Å². The summed E-state index contributed by atoms with van der Waals surface area (Å²) in [5.74, 6) is 2.13. The summed E-state index contributed by atoms with van der Waals surface area (Å²) < 4.78 is 2.45. The molecular weight excluding hydrogens is 330 g/mol. The van der Waals surface area contributed by atoms with E-state index in [0.29, 0.717) is 17.9 Å². The second-order valence-electron chi connectivity index (χ2n) is 7.93. The van der Waals surface area contributed by atoms with E-state index >= 15 is 0 Å². The van der Waals surface area contributed by atoms with Crippen LogP contribution < -0.4 is 0 Å². The molecule has 5 aliphatic heterocycles. The zero-order valence-corrected chi connectivity index (χ0v) is 15.2. The molecule has 0 aliphatic carbocycles. The average Bonchev–Trinajstić information content (AvgIpc) is 3.00. The van der Waals surface area contributed by atoms with Gasteiger partial charge in [0.05, 0.1) is 11.1 Å². The molecule has 7 rings (SSSR count). The Kier molecular flexibility index (Phi) is 3.10. The number of benzene rings is 1.